The molecule has 1 aromatic carbocycles. The Hall–Kier alpha value is -2.77. The molecule has 0 N–H and O–H groups in total. The fraction of sp³-hybridized carbons (Fsp3) is 0.190. The summed E-state index contributed by atoms with van der Waals surface area (Å²) >= 11 is 3.15. The molecule has 0 aliphatic carbocycles. The Morgan fingerprint density at radius 1 is 0.929 bits per heavy atom. The van der Waals surface area contributed by atoms with Crippen LogP contribution in [0.3, 0.4) is 0 Å². The first-order valence-electron chi connectivity index (χ1n) is 9.16. The summed E-state index contributed by atoms with van der Waals surface area (Å²) in [4.78, 5) is 27.7. The average molecular weight is 407 g/mol. The Bertz CT molecular complexity index is 1100. The summed E-state index contributed by atoms with van der Waals surface area (Å²) in [5, 5.41) is 5.22. The van der Waals surface area contributed by atoms with Gasteiger partial charge < -0.3 is 9.80 Å². The Morgan fingerprint density at radius 2 is 1.75 bits per heavy atom. The molecular weight excluding hydrogens is 388 g/mol. The summed E-state index contributed by atoms with van der Waals surface area (Å²) in [5.41, 5.74) is 2.35. The normalized spacial score (nSPS) is 14.6. The smallest absolute Gasteiger partial charge is 0.264 e. The first-order valence-corrected chi connectivity index (χ1v) is 10.9. The van der Waals surface area contributed by atoms with E-state index in [9.17, 15) is 4.79 Å². The third-order valence-corrected chi connectivity index (χ3v) is 6.78. The highest BCUT2D eigenvalue weighted by molar-refractivity contribution is 7.17. The first-order chi connectivity index (χ1) is 13.8. The van der Waals surface area contributed by atoms with Crippen LogP contribution in [0, 0.1) is 0 Å². The van der Waals surface area contributed by atoms with E-state index in [2.05, 4.69) is 44.5 Å². The van der Waals surface area contributed by atoms with Crippen LogP contribution in [-0.2, 0) is 0 Å². The van der Waals surface area contributed by atoms with Crippen molar-refractivity contribution in [3.63, 3.8) is 0 Å². The zero-order chi connectivity index (χ0) is 18.9. The number of hydrogen-bond acceptors (Lipinski definition) is 6. The molecule has 7 heteroatoms. The molecule has 0 saturated carbocycles. The molecule has 1 fully saturated rings. The number of hydrogen-bond donors (Lipinski definition) is 0. The number of fused-ring (bicyclic) bond motifs is 1. The van der Waals surface area contributed by atoms with Crippen molar-refractivity contribution in [3.8, 4) is 11.1 Å². The van der Waals surface area contributed by atoms with Gasteiger partial charge in [0.2, 0.25) is 0 Å². The van der Waals surface area contributed by atoms with Crippen LogP contribution in [0.4, 0.5) is 5.82 Å². The average Bonchev–Trinajstić information content (AvgIpc) is 3.44. The van der Waals surface area contributed by atoms with Crippen molar-refractivity contribution < 1.29 is 4.79 Å². The zero-order valence-corrected chi connectivity index (χ0v) is 16.7. The fourth-order valence-electron chi connectivity index (χ4n) is 3.61. The lowest BCUT2D eigenvalue weighted by atomic mass is 10.1. The number of rotatable bonds is 3. The van der Waals surface area contributed by atoms with E-state index in [1.807, 2.05) is 28.5 Å². The molecule has 5 nitrogen and oxygen atoms in total. The lowest BCUT2D eigenvalue weighted by Crippen LogP contribution is -2.49. The van der Waals surface area contributed by atoms with Gasteiger partial charge in [-0.05, 0) is 17.0 Å². The maximum atomic E-state index is 12.6. The lowest BCUT2D eigenvalue weighted by molar-refractivity contribution is 0.0751. The van der Waals surface area contributed by atoms with Crippen molar-refractivity contribution in [3.05, 3.63) is 64.4 Å². The molecule has 1 aliphatic rings. The van der Waals surface area contributed by atoms with Crippen molar-refractivity contribution in [2.75, 3.05) is 31.1 Å². The number of carbonyl (C=O) groups is 1. The van der Waals surface area contributed by atoms with Crippen LogP contribution in [0.2, 0.25) is 0 Å². The Labute approximate surface area is 170 Å². The van der Waals surface area contributed by atoms with Crippen molar-refractivity contribution in [2.24, 2.45) is 0 Å². The largest absolute Gasteiger partial charge is 0.352 e. The summed E-state index contributed by atoms with van der Waals surface area (Å²) in [5.74, 6) is 1.09. The highest BCUT2D eigenvalue weighted by Gasteiger charge is 2.25. The molecule has 0 unspecified atom stereocenters. The number of nitrogens with zero attached hydrogens (tertiary/aromatic N) is 4. The van der Waals surface area contributed by atoms with Crippen LogP contribution < -0.4 is 4.90 Å². The molecule has 3 aromatic heterocycles. The number of carbonyl (C=O) groups excluding carboxylic acids is 1. The van der Waals surface area contributed by atoms with E-state index >= 15 is 0 Å². The number of anilines is 1. The predicted molar refractivity (Wildman–Crippen MR) is 115 cm³/mol. The maximum Gasteiger partial charge on any atom is 0.264 e. The van der Waals surface area contributed by atoms with E-state index in [1.165, 1.54) is 22.5 Å². The van der Waals surface area contributed by atoms with Gasteiger partial charge in [-0.2, -0.15) is 0 Å². The summed E-state index contributed by atoms with van der Waals surface area (Å²) in [6.07, 6.45) is 1.64. The quantitative estimate of drug-likeness (QED) is 0.507. The van der Waals surface area contributed by atoms with Crippen molar-refractivity contribution in [2.45, 2.75) is 0 Å². The van der Waals surface area contributed by atoms with E-state index in [-0.39, 0.29) is 5.91 Å². The van der Waals surface area contributed by atoms with Crippen molar-refractivity contribution in [1.82, 2.24) is 14.9 Å². The van der Waals surface area contributed by atoms with Gasteiger partial charge in [-0.3, -0.25) is 4.79 Å². The molecule has 28 heavy (non-hydrogen) atoms. The van der Waals surface area contributed by atoms with Crippen LogP contribution in [0.15, 0.2) is 59.6 Å². The van der Waals surface area contributed by atoms with Gasteiger partial charge in [-0.15, -0.1) is 22.7 Å². The van der Waals surface area contributed by atoms with Gasteiger partial charge in [-0.1, -0.05) is 36.4 Å². The van der Waals surface area contributed by atoms with E-state index in [0.29, 0.717) is 13.1 Å². The standard InChI is InChI=1S/C21H18N4OS2/c26-21(17-7-4-12-27-17)25-10-8-24(9-11-25)19-18-16(15-5-2-1-3-6-15)13-28-20(18)23-14-22-19/h1-7,12-14H,8-11H2. The van der Waals surface area contributed by atoms with Gasteiger partial charge in [0, 0.05) is 37.1 Å². The van der Waals surface area contributed by atoms with Gasteiger partial charge in [0.1, 0.15) is 17.0 Å². The van der Waals surface area contributed by atoms with Gasteiger partial charge in [0.15, 0.2) is 0 Å². The molecule has 1 amide bonds. The van der Waals surface area contributed by atoms with Gasteiger partial charge in [-0.25, -0.2) is 9.97 Å². The summed E-state index contributed by atoms with van der Waals surface area (Å²) in [7, 11) is 0. The Kier molecular flexibility index (Phi) is 4.54. The molecule has 0 bridgehead atoms. The van der Waals surface area contributed by atoms with Crippen molar-refractivity contribution >= 4 is 44.6 Å². The van der Waals surface area contributed by atoms with Crippen molar-refractivity contribution in [1.29, 1.82) is 0 Å². The molecule has 0 radical (unpaired) electrons. The van der Waals surface area contributed by atoms with E-state index < -0.39 is 0 Å². The van der Waals surface area contributed by atoms with Crippen LogP contribution in [0.25, 0.3) is 21.3 Å². The molecule has 1 aliphatic heterocycles. The molecular formula is C21H18N4OS2. The molecule has 0 atom stereocenters. The topological polar surface area (TPSA) is 49.3 Å². The highest BCUT2D eigenvalue weighted by atomic mass is 32.1. The van der Waals surface area contributed by atoms with Gasteiger partial charge in [0.25, 0.3) is 5.91 Å². The molecule has 4 heterocycles. The number of benzene rings is 1. The highest BCUT2D eigenvalue weighted by Crippen LogP contribution is 2.38. The second kappa shape index (κ2) is 7.33. The lowest BCUT2D eigenvalue weighted by Gasteiger charge is -2.35. The molecule has 1 saturated heterocycles. The first kappa shape index (κ1) is 17.3. The molecule has 4 aromatic rings. The molecule has 5 rings (SSSR count). The van der Waals surface area contributed by atoms with E-state index in [1.54, 1.807) is 17.7 Å². The number of amides is 1. The predicted octanol–water partition coefficient (Wildman–Crippen LogP) is 4.38. The minimum absolute atomic E-state index is 0.128. The summed E-state index contributed by atoms with van der Waals surface area (Å²) in [6.45, 7) is 2.95. The van der Waals surface area contributed by atoms with Crippen LogP contribution in [0.1, 0.15) is 9.67 Å². The minimum Gasteiger partial charge on any atom is -0.352 e. The third-order valence-electron chi connectivity index (χ3n) is 5.03. The zero-order valence-electron chi connectivity index (χ0n) is 15.1. The number of piperazine rings is 1. The Balaban J connectivity index is 1.43. The maximum absolute atomic E-state index is 12.6. The molecule has 140 valence electrons. The molecule has 0 spiro atoms. The van der Waals surface area contributed by atoms with Crippen LogP contribution >= 0.6 is 22.7 Å². The fourth-order valence-corrected chi connectivity index (χ4v) is 5.21. The van der Waals surface area contributed by atoms with Crippen LogP contribution in [0.5, 0.6) is 0 Å². The number of aromatic nitrogens is 2. The summed E-state index contributed by atoms with van der Waals surface area (Å²) in [6, 6.07) is 14.2. The third kappa shape index (κ3) is 3.06. The van der Waals surface area contributed by atoms with Crippen LogP contribution in [-0.4, -0.2) is 47.0 Å². The minimum atomic E-state index is 0.128. The van der Waals surface area contributed by atoms with E-state index in [0.717, 1.165) is 34.0 Å². The Morgan fingerprint density at radius 3 is 2.50 bits per heavy atom. The summed E-state index contributed by atoms with van der Waals surface area (Å²) < 4.78 is 0. The number of thiophene rings is 2. The van der Waals surface area contributed by atoms with Gasteiger partial charge in [0.05, 0.1) is 10.3 Å². The van der Waals surface area contributed by atoms with E-state index in [4.69, 9.17) is 0 Å². The monoisotopic (exact) mass is 406 g/mol. The SMILES string of the molecule is O=C(c1cccs1)N1CCN(c2ncnc3scc(-c4ccccc4)c23)CC1. The van der Waals surface area contributed by atoms with Gasteiger partial charge >= 0.3 is 0 Å². The second-order valence-corrected chi connectivity index (χ2v) is 8.46. The second-order valence-electron chi connectivity index (χ2n) is 6.65.